The summed E-state index contributed by atoms with van der Waals surface area (Å²) in [6, 6.07) is 6.04. The Bertz CT molecular complexity index is 417. The third kappa shape index (κ3) is 3.94. The summed E-state index contributed by atoms with van der Waals surface area (Å²) in [6.07, 6.45) is 5.29. The second-order valence-electron chi connectivity index (χ2n) is 5.34. The van der Waals surface area contributed by atoms with Crippen LogP contribution in [-0.2, 0) is 11.3 Å². The van der Waals surface area contributed by atoms with Crippen LogP contribution in [0.4, 0.5) is 5.69 Å². The first-order valence-electron chi connectivity index (χ1n) is 6.87. The summed E-state index contributed by atoms with van der Waals surface area (Å²) in [5.74, 6) is 0. The van der Waals surface area contributed by atoms with Gasteiger partial charge in [-0.1, -0.05) is 41.3 Å². The summed E-state index contributed by atoms with van der Waals surface area (Å²) >= 11 is 3.55. The maximum atomic E-state index is 10.5. The number of hydrogen-bond donors (Lipinski definition) is 2. The van der Waals surface area contributed by atoms with Crippen molar-refractivity contribution in [2.45, 2.75) is 44.3 Å². The van der Waals surface area contributed by atoms with E-state index in [9.17, 15) is 5.11 Å². The molecular weight excluding hydrogens is 306 g/mol. The Hall–Kier alpha value is -0.580. The number of rotatable bonds is 5. The first-order chi connectivity index (χ1) is 9.14. The number of benzene rings is 1. The highest BCUT2D eigenvalue weighted by molar-refractivity contribution is 9.10. The van der Waals surface area contributed by atoms with Gasteiger partial charge in [-0.05, 0) is 25.0 Å². The predicted molar refractivity (Wildman–Crippen MR) is 81.4 cm³/mol. The van der Waals surface area contributed by atoms with Gasteiger partial charge in [0.25, 0.3) is 0 Å². The molecule has 106 valence electrons. The summed E-state index contributed by atoms with van der Waals surface area (Å²) in [5, 5.41) is 13.9. The third-order valence-corrected chi connectivity index (χ3v) is 4.54. The van der Waals surface area contributed by atoms with Crippen molar-refractivity contribution in [2.75, 3.05) is 19.0 Å². The van der Waals surface area contributed by atoms with Gasteiger partial charge in [0.15, 0.2) is 0 Å². The molecule has 1 saturated carbocycles. The number of nitrogens with one attached hydrogen (secondary N) is 1. The first-order valence-corrected chi connectivity index (χ1v) is 7.66. The Morgan fingerprint density at radius 1 is 1.32 bits per heavy atom. The second-order valence-corrected chi connectivity index (χ2v) is 6.19. The molecule has 1 aromatic carbocycles. The van der Waals surface area contributed by atoms with Crippen LogP contribution in [0.1, 0.15) is 37.7 Å². The smallest absolute Gasteiger partial charge is 0.0819 e. The van der Waals surface area contributed by atoms with Crippen LogP contribution in [0, 0.1) is 0 Å². The molecule has 0 bridgehead atoms. The van der Waals surface area contributed by atoms with Gasteiger partial charge in [-0.2, -0.15) is 0 Å². The molecule has 1 aliphatic carbocycles. The molecule has 0 spiro atoms. The van der Waals surface area contributed by atoms with E-state index in [-0.39, 0.29) is 0 Å². The van der Waals surface area contributed by atoms with E-state index in [1.807, 2.05) is 18.2 Å². The van der Waals surface area contributed by atoms with E-state index in [1.54, 1.807) is 7.11 Å². The highest BCUT2D eigenvalue weighted by atomic mass is 79.9. The fourth-order valence-corrected chi connectivity index (χ4v) is 3.14. The zero-order valence-electron chi connectivity index (χ0n) is 11.4. The van der Waals surface area contributed by atoms with E-state index < -0.39 is 5.60 Å². The Labute approximate surface area is 123 Å². The normalized spacial score (nSPS) is 18.3. The van der Waals surface area contributed by atoms with Crippen LogP contribution < -0.4 is 5.32 Å². The van der Waals surface area contributed by atoms with Crippen molar-refractivity contribution >= 4 is 21.6 Å². The van der Waals surface area contributed by atoms with Gasteiger partial charge >= 0.3 is 0 Å². The minimum Gasteiger partial charge on any atom is -0.388 e. The average Bonchev–Trinajstić information content (AvgIpc) is 2.41. The van der Waals surface area contributed by atoms with Crippen molar-refractivity contribution < 1.29 is 9.84 Å². The largest absolute Gasteiger partial charge is 0.388 e. The lowest BCUT2D eigenvalue weighted by molar-refractivity contribution is 0.0167. The highest BCUT2D eigenvalue weighted by Crippen LogP contribution is 2.30. The number of halogens is 1. The van der Waals surface area contributed by atoms with Crippen molar-refractivity contribution in [3.8, 4) is 0 Å². The summed E-state index contributed by atoms with van der Waals surface area (Å²) in [5.41, 5.74) is 1.59. The molecule has 2 rings (SSSR count). The van der Waals surface area contributed by atoms with Gasteiger partial charge in [0, 0.05) is 29.4 Å². The lowest BCUT2D eigenvalue weighted by atomic mass is 9.85. The third-order valence-electron chi connectivity index (χ3n) is 3.80. The monoisotopic (exact) mass is 327 g/mol. The molecule has 1 aliphatic rings. The average molecular weight is 328 g/mol. The molecule has 4 heteroatoms. The first kappa shape index (κ1) is 14.8. The minimum atomic E-state index is -0.551. The molecule has 0 unspecified atom stereocenters. The lowest BCUT2D eigenvalue weighted by Gasteiger charge is -2.32. The predicted octanol–water partition coefficient (Wildman–Crippen LogP) is 3.70. The van der Waals surface area contributed by atoms with Crippen LogP contribution in [0.2, 0.25) is 0 Å². The fraction of sp³-hybridized carbons (Fsp3) is 0.600. The van der Waals surface area contributed by atoms with E-state index in [1.165, 1.54) is 6.42 Å². The molecule has 0 atom stereocenters. The Morgan fingerprint density at radius 3 is 2.74 bits per heavy atom. The van der Waals surface area contributed by atoms with Gasteiger partial charge in [0.05, 0.1) is 12.2 Å². The zero-order chi connectivity index (χ0) is 13.7. The lowest BCUT2D eigenvalue weighted by Crippen LogP contribution is -2.38. The number of ether oxygens (including phenoxy) is 1. The van der Waals surface area contributed by atoms with Gasteiger partial charge in [-0.25, -0.2) is 0 Å². The van der Waals surface area contributed by atoms with E-state index in [4.69, 9.17) is 4.74 Å². The quantitative estimate of drug-likeness (QED) is 0.866. The van der Waals surface area contributed by atoms with E-state index in [0.29, 0.717) is 13.2 Å². The Kier molecular flexibility index (Phi) is 5.25. The van der Waals surface area contributed by atoms with Crippen LogP contribution in [0.25, 0.3) is 0 Å². The maximum absolute atomic E-state index is 10.5. The number of methoxy groups -OCH3 is 1. The number of aliphatic hydroxyl groups is 1. The minimum absolute atomic E-state index is 0.551. The van der Waals surface area contributed by atoms with Crippen LogP contribution in [0.5, 0.6) is 0 Å². The summed E-state index contributed by atoms with van der Waals surface area (Å²) in [7, 11) is 1.69. The number of hydrogen-bond acceptors (Lipinski definition) is 3. The molecule has 19 heavy (non-hydrogen) atoms. The molecule has 1 fully saturated rings. The standard InChI is InChI=1S/C15H22BrNO2/c1-19-10-12-13(16)6-5-7-14(12)17-11-15(18)8-3-2-4-9-15/h5-7,17-18H,2-4,8-11H2,1H3. The Morgan fingerprint density at radius 2 is 2.05 bits per heavy atom. The van der Waals surface area contributed by atoms with Gasteiger partial charge in [-0.15, -0.1) is 0 Å². The van der Waals surface area contributed by atoms with Crippen molar-refractivity contribution in [3.05, 3.63) is 28.2 Å². The van der Waals surface area contributed by atoms with Crippen molar-refractivity contribution in [1.82, 2.24) is 0 Å². The molecule has 0 heterocycles. The molecule has 0 amide bonds. The summed E-state index contributed by atoms with van der Waals surface area (Å²) in [4.78, 5) is 0. The summed E-state index contributed by atoms with van der Waals surface area (Å²) in [6.45, 7) is 1.17. The van der Waals surface area contributed by atoms with Crippen LogP contribution in [-0.4, -0.2) is 24.4 Å². The van der Waals surface area contributed by atoms with E-state index in [2.05, 4.69) is 21.2 Å². The van der Waals surface area contributed by atoms with Crippen molar-refractivity contribution in [1.29, 1.82) is 0 Å². The topological polar surface area (TPSA) is 41.5 Å². The van der Waals surface area contributed by atoms with Gasteiger partial charge in [0.1, 0.15) is 0 Å². The molecular formula is C15H22BrNO2. The maximum Gasteiger partial charge on any atom is 0.0819 e. The fourth-order valence-electron chi connectivity index (χ4n) is 2.66. The van der Waals surface area contributed by atoms with Gasteiger partial charge in [-0.3, -0.25) is 0 Å². The molecule has 1 aromatic rings. The van der Waals surface area contributed by atoms with Crippen molar-refractivity contribution in [2.24, 2.45) is 0 Å². The van der Waals surface area contributed by atoms with Crippen LogP contribution in [0.15, 0.2) is 22.7 Å². The molecule has 0 saturated heterocycles. The zero-order valence-corrected chi connectivity index (χ0v) is 13.0. The highest BCUT2D eigenvalue weighted by Gasteiger charge is 2.28. The summed E-state index contributed by atoms with van der Waals surface area (Å²) < 4.78 is 6.27. The second kappa shape index (κ2) is 6.73. The molecule has 0 radical (unpaired) electrons. The SMILES string of the molecule is COCc1c(Br)cccc1NCC1(O)CCCCC1. The van der Waals surface area contributed by atoms with Gasteiger partial charge < -0.3 is 15.2 Å². The van der Waals surface area contributed by atoms with Crippen LogP contribution in [0.3, 0.4) is 0 Å². The number of anilines is 1. The Balaban J connectivity index is 2.04. The van der Waals surface area contributed by atoms with Crippen LogP contribution >= 0.6 is 15.9 Å². The molecule has 2 N–H and O–H groups in total. The molecule has 0 aromatic heterocycles. The molecule has 3 nitrogen and oxygen atoms in total. The van der Waals surface area contributed by atoms with E-state index >= 15 is 0 Å². The van der Waals surface area contributed by atoms with Gasteiger partial charge in [0.2, 0.25) is 0 Å². The van der Waals surface area contributed by atoms with Crippen molar-refractivity contribution in [3.63, 3.8) is 0 Å². The molecule has 0 aliphatic heterocycles. The van der Waals surface area contributed by atoms with E-state index in [0.717, 1.165) is 41.4 Å².